The lowest BCUT2D eigenvalue weighted by Crippen LogP contribution is -2.47. The van der Waals surface area contributed by atoms with Gasteiger partial charge in [0, 0.05) is 31.7 Å². The summed E-state index contributed by atoms with van der Waals surface area (Å²) in [5, 5.41) is 2.99. The number of benzene rings is 2. The molecule has 6 nitrogen and oxygen atoms in total. The first-order valence-corrected chi connectivity index (χ1v) is 11.7. The number of rotatable bonds is 5. The second kappa shape index (κ2) is 8.88. The Balaban J connectivity index is 1.81. The normalized spacial score (nSPS) is 17.0. The molecule has 0 saturated carbocycles. The summed E-state index contributed by atoms with van der Waals surface area (Å²) in [6.45, 7) is 10.1. The second-order valence-corrected chi connectivity index (χ2v) is 10.1. The van der Waals surface area contributed by atoms with Crippen molar-refractivity contribution in [3.05, 3.63) is 64.2 Å². The van der Waals surface area contributed by atoms with Crippen LogP contribution in [0, 0.1) is 20.8 Å². The molecular formula is C23H31N3O3S. The highest BCUT2D eigenvalue weighted by atomic mass is 32.2. The summed E-state index contributed by atoms with van der Waals surface area (Å²) in [4.78, 5) is 15.2. The average molecular weight is 430 g/mol. The van der Waals surface area contributed by atoms with Crippen molar-refractivity contribution in [1.29, 1.82) is 0 Å². The lowest BCUT2D eigenvalue weighted by molar-refractivity contribution is 0.0939. The number of aryl methyl sites for hydroxylation is 3. The predicted octanol–water partition coefficient (Wildman–Crippen LogP) is 3.04. The van der Waals surface area contributed by atoms with Gasteiger partial charge in [-0.25, -0.2) is 8.42 Å². The highest BCUT2D eigenvalue weighted by Gasteiger charge is 2.29. The topological polar surface area (TPSA) is 69.7 Å². The molecule has 0 aromatic heterocycles. The number of nitrogens with one attached hydrogen (secondary N) is 1. The van der Waals surface area contributed by atoms with Gasteiger partial charge in [-0.2, -0.15) is 4.31 Å². The van der Waals surface area contributed by atoms with E-state index in [1.54, 1.807) is 19.1 Å². The molecule has 1 atom stereocenters. The molecule has 1 heterocycles. The number of nitrogens with zero attached hydrogens (tertiary/aromatic N) is 2. The number of sulfonamides is 1. The van der Waals surface area contributed by atoms with E-state index in [0.717, 1.165) is 5.56 Å². The summed E-state index contributed by atoms with van der Waals surface area (Å²) in [5.74, 6) is -0.282. The monoisotopic (exact) mass is 429 g/mol. The van der Waals surface area contributed by atoms with Gasteiger partial charge in [-0.15, -0.1) is 0 Å². The van der Waals surface area contributed by atoms with Crippen molar-refractivity contribution in [2.24, 2.45) is 0 Å². The molecule has 7 heteroatoms. The number of carbonyl (C=O) groups excluding carboxylic acids is 1. The van der Waals surface area contributed by atoms with Gasteiger partial charge in [0.1, 0.15) is 0 Å². The van der Waals surface area contributed by atoms with Crippen LogP contribution in [0.3, 0.4) is 0 Å². The maximum absolute atomic E-state index is 13.2. The molecule has 3 rings (SSSR count). The van der Waals surface area contributed by atoms with Crippen molar-refractivity contribution in [3.63, 3.8) is 0 Å². The largest absolute Gasteiger partial charge is 0.346 e. The second-order valence-electron chi connectivity index (χ2n) is 8.23. The van der Waals surface area contributed by atoms with Crippen molar-refractivity contribution in [1.82, 2.24) is 14.5 Å². The standard InChI is InChI=1S/C23H31N3O3S/c1-16-6-8-20(14-18(16)3)19(4)24-23(27)21-9-7-17(2)22(15-21)30(28,29)26-12-10-25(5)11-13-26/h6-9,14-15,19H,10-13H2,1-5H3,(H,24,27)/t19-/m1/s1. The number of likely N-dealkylation sites (N-methyl/N-ethyl adjacent to an activating group) is 1. The highest BCUT2D eigenvalue weighted by Crippen LogP contribution is 2.23. The van der Waals surface area contributed by atoms with Crippen LogP contribution < -0.4 is 5.32 Å². The van der Waals surface area contributed by atoms with Crippen LogP contribution in [0.15, 0.2) is 41.3 Å². The SMILES string of the molecule is Cc1ccc([C@@H](C)NC(=O)c2ccc(C)c(S(=O)(=O)N3CCN(C)CC3)c2)cc1C. The minimum absolute atomic E-state index is 0.184. The quantitative estimate of drug-likeness (QED) is 0.793. The van der Waals surface area contributed by atoms with E-state index >= 15 is 0 Å². The maximum atomic E-state index is 13.2. The maximum Gasteiger partial charge on any atom is 0.251 e. The Morgan fingerprint density at radius 3 is 2.20 bits per heavy atom. The molecule has 0 unspecified atom stereocenters. The fourth-order valence-electron chi connectivity index (χ4n) is 3.58. The molecule has 1 fully saturated rings. The lowest BCUT2D eigenvalue weighted by Gasteiger charge is -2.32. The van der Waals surface area contributed by atoms with Crippen LogP contribution in [0.1, 0.15) is 45.6 Å². The van der Waals surface area contributed by atoms with Gasteiger partial charge >= 0.3 is 0 Å². The van der Waals surface area contributed by atoms with E-state index in [2.05, 4.69) is 23.2 Å². The molecule has 162 valence electrons. The van der Waals surface area contributed by atoms with E-state index in [9.17, 15) is 13.2 Å². The van der Waals surface area contributed by atoms with E-state index in [0.29, 0.717) is 37.3 Å². The first-order valence-electron chi connectivity index (χ1n) is 10.3. The Labute approximate surface area is 179 Å². The van der Waals surface area contributed by atoms with Crippen LogP contribution >= 0.6 is 0 Å². The number of piperazine rings is 1. The third kappa shape index (κ3) is 4.74. The van der Waals surface area contributed by atoms with Gasteiger partial charge in [0.2, 0.25) is 10.0 Å². The molecular weight excluding hydrogens is 398 g/mol. The zero-order chi connectivity index (χ0) is 22.1. The van der Waals surface area contributed by atoms with Gasteiger partial charge in [0.05, 0.1) is 10.9 Å². The van der Waals surface area contributed by atoms with E-state index in [1.165, 1.54) is 21.5 Å². The molecule has 1 amide bonds. The van der Waals surface area contributed by atoms with Gasteiger partial charge in [-0.05, 0) is 69.1 Å². The summed E-state index contributed by atoms with van der Waals surface area (Å²) >= 11 is 0. The summed E-state index contributed by atoms with van der Waals surface area (Å²) in [6, 6.07) is 10.8. The van der Waals surface area contributed by atoms with Crippen LogP contribution in [-0.4, -0.2) is 56.8 Å². The van der Waals surface area contributed by atoms with E-state index in [1.807, 2.05) is 33.0 Å². The van der Waals surface area contributed by atoms with Crippen molar-refractivity contribution >= 4 is 15.9 Å². The molecule has 30 heavy (non-hydrogen) atoms. The predicted molar refractivity (Wildman–Crippen MR) is 119 cm³/mol. The van der Waals surface area contributed by atoms with Crippen LogP contribution in [0.2, 0.25) is 0 Å². The molecule has 0 radical (unpaired) electrons. The Kier molecular flexibility index (Phi) is 6.65. The fourth-order valence-corrected chi connectivity index (χ4v) is 5.26. The third-order valence-corrected chi connectivity index (χ3v) is 7.95. The van der Waals surface area contributed by atoms with Gasteiger partial charge in [-0.3, -0.25) is 4.79 Å². The van der Waals surface area contributed by atoms with Crippen LogP contribution in [0.4, 0.5) is 0 Å². The van der Waals surface area contributed by atoms with E-state index < -0.39 is 10.0 Å². The Bertz CT molecular complexity index is 1040. The highest BCUT2D eigenvalue weighted by molar-refractivity contribution is 7.89. The zero-order valence-electron chi connectivity index (χ0n) is 18.4. The van der Waals surface area contributed by atoms with Gasteiger partial charge in [0.15, 0.2) is 0 Å². The molecule has 1 saturated heterocycles. The van der Waals surface area contributed by atoms with Crippen LogP contribution in [-0.2, 0) is 10.0 Å². The Morgan fingerprint density at radius 1 is 0.933 bits per heavy atom. The van der Waals surface area contributed by atoms with Crippen molar-refractivity contribution < 1.29 is 13.2 Å². The number of amides is 1. The Morgan fingerprint density at radius 2 is 1.57 bits per heavy atom. The van der Waals surface area contributed by atoms with Crippen LogP contribution in [0.25, 0.3) is 0 Å². The lowest BCUT2D eigenvalue weighted by atomic mass is 10.0. The number of hydrogen-bond donors (Lipinski definition) is 1. The summed E-state index contributed by atoms with van der Waals surface area (Å²) in [7, 11) is -1.65. The first kappa shape index (κ1) is 22.5. The van der Waals surface area contributed by atoms with Gasteiger partial charge < -0.3 is 10.2 Å². The molecule has 1 aliphatic rings. The van der Waals surface area contributed by atoms with Crippen molar-refractivity contribution in [3.8, 4) is 0 Å². The molecule has 0 spiro atoms. The third-order valence-electron chi connectivity index (χ3n) is 5.91. The molecule has 2 aromatic rings. The zero-order valence-corrected chi connectivity index (χ0v) is 19.2. The van der Waals surface area contributed by atoms with Crippen molar-refractivity contribution in [2.45, 2.75) is 38.6 Å². The van der Waals surface area contributed by atoms with Crippen molar-refractivity contribution in [2.75, 3.05) is 33.2 Å². The minimum Gasteiger partial charge on any atom is -0.346 e. The Hall–Kier alpha value is -2.22. The van der Waals surface area contributed by atoms with Gasteiger partial charge in [-0.1, -0.05) is 24.3 Å². The van der Waals surface area contributed by atoms with E-state index in [-0.39, 0.29) is 16.8 Å². The fraction of sp³-hybridized carbons (Fsp3) is 0.435. The van der Waals surface area contributed by atoms with E-state index in [4.69, 9.17) is 0 Å². The molecule has 2 aromatic carbocycles. The van der Waals surface area contributed by atoms with Crippen LogP contribution in [0.5, 0.6) is 0 Å². The molecule has 1 aliphatic heterocycles. The smallest absolute Gasteiger partial charge is 0.251 e. The molecule has 1 N–H and O–H groups in total. The number of carbonyl (C=O) groups is 1. The summed E-state index contributed by atoms with van der Waals surface area (Å²) < 4.78 is 27.9. The molecule has 0 aliphatic carbocycles. The van der Waals surface area contributed by atoms with Gasteiger partial charge in [0.25, 0.3) is 5.91 Å². The summed E-state index contributed by atoms with van der Waals surface area (Å²) in [5.41, 5.74) is 4.39. The molecule has 0 bridgehead atoms. The summed E-state index contributed by atoms with van der Waals surface area (Å²) in [6.07, 6.45) is 0. The number of hydrogen-bond acceptors (Lipinski definition) is 4. The first-order chi connectivity index (χ1) is 14.1. The average Bonchev–Trinajstić information content (AvgIpc) is 2.70. The minimum atomic E-state index is -3.64.